The first-order valence-electron chi connectivity index (χ1n) is 14.4. The summed E-state index contributed by atoms with van der Waals surface area (Å²) in [6, 6.07) is 1.22. The van der Waals surface area contributed by atoms with E-state index in [9.17, 15) is 22.4 Å². The number of fused-ring (bicyclic) bond motifs is 1. The molecule has 0 unspecified atom stereocenters. The molecule has 5 aromatic heterocycles. The number of H-pyrrole nitrogens is 1. The molecule has 1 atom stereocenters. The van der Waals surface area contributed by atoms with E-state index in [4.69, 9.17) is 4.74 Å². The van der Waals surface area contributed by atoms with E-state index in [1.165, 1.54) is 36.6 Å². The van der Waals surface area contributed by atoms with Gasteiger partial charge in [0.1, 0.15) is 23.8 Å². The Kier molecular flexibility index (Phi) is 8.13. The number of carbonyl (C=O) groups is 1. The number of ether oxygens (including phenoxy) is 1. The number of methoxy groups -OCH3 is 1. The Morgan fingerprint density at radius 1 is 1.15 bits per heavy atom. The van der Waals surface area contributed by atoms with Crippen LogP contribution >= 0.6 is 0 Å². The van der Waals surface area contributed by atoms with Crippen LogP contribution in [-0.4, -0.2) is 74.5 Å². The molecule has 0 bridgehead atoms. The molecular weight excluding hydrogens is 612 g/mol. The summed E-state index contributed by atoms with van der Waals surface area (Å²) in [5, 5.41) is 21.1. The first-order valence-corrected chi connectivity index (χ1v) is 14.4. The van der Waals surface area contributed by atoms with Crippen molar-refractivity contribution < 1.29 is 27.1 Å². The Morgan fingerprint density at radius 2 is 1.93 bits per heavy atom. The van der Waals surface area contributed by atoms with Gasteiger partial charge in [0.05, 0.1) is 48.1 Å². The second-order valence-corrected chi connectivity index (χ2v) is 11.2. The van der Waals surface area contributed by atoms with Crippen LogP contribution in [0.25, 0.3) is 16.9 Å². The SMILES string of the molecule is COC1(C(=O)N[C@@H](C)c2cnc(-n3cc(F)cn3)cn2)CCC(c2nc(Nc3cc(C)[nH]n3)c3cnn(CC(F)(F)F)c3n2)CC1. The Bertz CT molecular complexity index is 1840. The van der Waals surface area contributed by atoms with Gasteiger partial charge in [0.25, 0.3) is 5.91 Å². The summed E-state index contributed by atoms with van der Waals surface area (Å²) in [6.45, 7) is 2.27. The first-order chi connectivity index (χ1) is 21.9. The van der Waals surface area contributed by atoms with Gasteiger partial charge < -0.3 is 15.4 Å². The quantitative estimate of drug-likeness (QED) is 0.198. The highest BCUT2D eigenvalue weighted by Crippen LogP contribution is 2.40. The molecular formula is C28H30F4N12O2. The third kappa shape index (κ3) is 6.37. The number of nitrogens with zero attached hydrogens (tertiary/aromatic N) is 9. The van der Waals surface area contributed by atoms with Crippen LogP contribution < -0.4 is 10.6 Å². The molecule has 6 rings (SSSR count). The normalized spacial score (nSPS) is 19.3. The van der Waals surface area contributed by atoms with Gasteiger partial charge in [-0.1, -0.05) is 0 Å². The van der Waals surface area contributed by atoms with Crippen molar-refractivity contribution in [1.29, 1.82) is 0 Å². The second-order valence-electron chi connectivity index (χ2n) is 11.2. The van der Waals surface area contributed by atoms with Crippen molar-refractivity contribution in [2.75, 3.05) is 12.4 Å². The molecule has 0 aliphatic heterocycles. The van der Waals surface area contributed by atoms with Crippen LogP contribution in [0, 0.1) is 12.7 Å². The molecule has 5 aromatic rings. The Balaban J connectivity index is 1.18. The number of nitrogens with one attached hydrogen (secondary N) is 3. The lowest BCUT2D eigenvalue weighted by Crippen LogP contribution is -2.51. The number of alkyl halides is 3. The number of hydrogen-bond acceptors (Lipinski definition) is 10. The van der Waals surface area contributed by atoms with Crippen LogP contribution in [-0.2, 0) is 16.1 Å². The van der Waals surface area contributed by atoms with Crippen LogP contribution in [0.3, 0.4) is 0 Å². The van der Waals surface area contributed by atoms with Gasteiger partial charge in [-0.2, -0.15) is 28.5 Å². The molecule has 0 spiro atoms. The highest BCUT2D eigenvalue weighted by molar-refractivity contribution is 5.88. The topological polar surface area (TPSA) is 166 Å². The van der Waals surface area contributed by atoms with E-state index < -0.39 is 30.2 Å². The number of anilines is 2. The van der Waals surface area contributed by atoms with Crippen LogP contribution in [0.4, 0.5) is 29.2 Å². The molecule has 0 aromatic carbocycles. The van der Waals surface area contributed by atoms with E-state index in [2.05, 4.69) is 51.0 Å². The molecule has 0 radical (unpaired) electrons. The number of aromatic nitrogens is 10. The van der Waals surface area contributed by atoms with Gasteiger partial charge in [-0.25, -0.2) is 28.7 Å². The summed E-state index contributed by atoms with van der Waals surface area (Å²) >= 11 is 0. The predicted molar refractivity (Wildman–Crippen MR) is 155 cm³/mol. The van der Waals surface area contributed by atoms with Crippen LogP contribution in [0.5, 0.6) is 0 Å². The van der Waals surface area contributed by atoms with E-state index in [0.717, 1.165) is 16.6 Å². The molecule has 14 nitrogen and oxygen atoms in total. The molecule has 242 valence electrons. The van der Waals surface area contributed by atoms with Crippen molar-refractivity contribution >= 4 is 28.6 Å². The van der Waals surface area contributed by atoms with Crippen molar-refractivity contribution in [3.8, 4) is 5.82 Å². The van der Waals surface area contributed by atoms with E-state index in [0.29, 0.717) is 54.2 Å². The first kappa shape index (κ1) is 31.0. The molecule has 18 heteroatoms. The van der Waals surface area contributed by atoms with Crippen molar-refractivity contribution in [3.05, 3.63) is 60.1 Å². The Labute approximate surface area is 259 Å². The maximum absolute atomic E-state index is 13.5. The molecule has 5 heterocycles. The Morgan fingerprint density at radius 3 is 2.54 bits per heavy atom. The highest BCUT2D eigenvalue weighted by atomic mass is 19.4. The second kappa shape index (κ2) is 12.1. The number of carbonyl (C=O) groups excluding carboxylic acids is 1. The summed E-state index contributed by atoms with van der Waals surface area (Å²) in [4.78, 5) is 31.3. The van der Waals surface area contributed by atoms with Crippen molar-refractivity contribution in [2.45, 2.75) is 69.8 Å². The third-order valence-corrected chi connectivity index (χ3v) is 7.99. The van der Waals surface area contributed by atoms with Crippen LogP contribution in [0.15, 0.2) is 37.1 Å². The molecule has 46 heavy (non-hydrogen) atoms. The van der Waals surface area contributed by atoms with Crippen LogP contribution in [0.1, 0.15) is 61.8 Å². The van der Waals surface area contributed by atoms with Gasteiger partial charge in [0.2, 0.25) is 0 Å². The van der Waals surface area contributed by atoms with E-state index in [-0.39, 0.29) is 23.3 Å². The van der Waals surface area contributed by atoms with Gasteiger partial charge in [-0.05, 0) is 39.5 Å². The summed E-state index contributed by atoms with van der Waals surface area (Å²) in [5.74, 6) is 0.257. The number of hydrogen-bond donors (Lipinski definition) is 3. The smallest absolute Gasteiger partial charge is 0.368 e. The lowest BCUT2D eigenvalue weighted by Gasteiger charge is -2.38. The predicted octanol–water partition coefficient (Wildman–Crippen LogP) is 4.20. The minimum atomic E-state index is -4.50. The fourth-order valence-electron chi connectivity index (χ4n) is 5.51. The van der Waals surface area contributed by atoms with Crippen molar-refractivity contribution in [3.63, 3.8) is 0 Å². The van der Waals surface area contributed by atoms with Gasteiger partial charge in [0, 0.05) is 24.8 Å². The highest BCUT2D eigenvalue weighted by Gasteiger charge is 2.44. The molecule has 1 fully saturated rings. The van der Waals surface area contributed by atoms with Gasteiger partial charge >= 0.3 is 6.18 Å². The van der Waals surface area contributed by atoms with Crippen molar-refractivity contribution in [1.82, 2.24) is 55.0 Å². The standard InChI is InChI=1S/C28H30F4N12O2/c1-15-8-21(42-41-15)38-24-19-10-36-44(14-28(30,31)32)25(19)40-23(39-24)17-4-6-27(46-3,7-5-17)26(45)37-16(2)20-11-34-22(12-33-20)43-13-18(29)9-35-43/h8-13,16-17H,4-7,14H2,1-3H3,(H,37,45)(H2,38,39,40,41,42)/t16-,17?,27?/m0/s1. The molecule has 1 saturated carbocycles. The molecule has 1 amide bonds. The number of aromatic amines is 1. The minimum absolute atomic E-state index is 0.0389. The zero-order valence-corrected chi connectivity index (χ0v) is 25.0. The zero-order chi connectivity index (χ0) is 32.6. The maximum Gasteiger partial charge on any atom is 0.408 e. The van der Waals surface area contributed by atoms with Gasteiger partial charge in [0.15, 0.2) is 23.1 Å². The average molecular weight is 643 g/mol. The summed E-state index contributed by atoms with van der Waals surface area (Å²) in [6.07, 6.45) is 3.42. The average Bonchev–Trinajstić information content (AvgIpc) is 3.76. The number of halogens is 4. The van der Waals surface area contributed by atoms with E-state index >= 15 is 0 Å². The van der Waals surface area contributed by atoms with Gasteiger partial charge in [-0.15, -0.1) is 0 Å². The zero-order valence-electron chi connectivity index (χ0n) is 25.0. The van der Waals surface area contributed by atoms with E-state index in [1.807, 2.05) is 6.92 Å². The number of rotatable bonds is 9. The Hall–Kier alpha value is -5.00. The number of amides is 1. The molecule has 1 aliphatic carbocycles. The van der Waals surface area contributed by atoms with Gasteiger partial charge in [-0.3, -0.25) is 14.9 Å². The fraction of sp³-hybridized carbons (Fsp3) is 0.429. The molecule has 3 N–H and O–H groups in total. The van der Waals surface area contributed by atoms with E-state index in [1.54, 1.807) is 13.0 Å². The monoisotopic (exact) mass is 642 g/mol. The number of aryl methyl sites for hydroxylation is 1. The minimum Gasteiger partial charge on any atom is -0.368 e. The lowest BCUT2D eigenvalue weighted by atomic mass is 9.77. The van der Waals surface area contributed by atoms with Crippen LogP contribution in [0.2, 0.25) is 0 Å². The molecule has 0 saturated heterocycles. The molecule has 1 aliphatic rings. The summed E-state index contributed by atoms with van der Waals surface area (Å²) < 4.78 is 61.1. The largest absolute Gasteiger partial charge is 0.408 e. The summed E-state index contributed by atoms with van der Waals surface area (Å²) in [5.41, 5.74) is 0.151. The third-order valence-electron chi connectivity index (χ3n) is 7.99. The van der Waals surface area contributed by atoms with Crippen molar-refractivity contribution in [2.24, 2.45) is 0 Å². The fourth-order valence-corrected chi connectivity index (χ4v) is 5.51. The lowest BCUT2D eigenvalue weighted by molar-refractivity contribution is -0.148. The maximum atomic E-state index is 13.5. The summed E-state index contributed by atoms with van der Waals surface area (Å²) in [7, 11) is 1.47.